The zero-order valence-corrected chi connectivity index (χ0v) is 60.8. The predicted molar refractivity (Wildman–Crippen MR) is 459 cm³/mol. The average Bonchev–Trinajstić information content (AvgIpc) is 1.62. The number of fused-ring (bicyclic) bond motifs is 13. The minimum Gasteiger partial charge on any atom is -0.453 e. The van der Waals surface area contributed by atoms with Crippen molar-refractivity contribution >= 4 is 109 Å². The molecule has 0 fully saturated rings. The maximum Gasteiger partial charge on any atom is 0.153 e. The number of nitriles is 1. The van der Waals surface area contributed by atoms with Crippen LogP contribution in [0.15, 0.2) is 358 Å². The summed E-state index contributed by atoms with van der Waals surface area (Å²) in [5.74, 6) is 7.64. The largest absolute Gasteiger partial charge is 0.453 e. The van der Waals surface area contributed by atoms with E-state index in [1.807, 2.05) is 146 Å². The maximum atomic E-state index is 9.34. The summed E-state index contributed by atoms with van der Waals surface area (Å²) < 4.78 is 25.7. The fourth-order valence-electron chi connectivity index (χ4n) is 17.8. The topological polar surface area (TPSA) is 131 Å². The second kappa shape index (κ2) is 25.6. The average molecular weight is 1460 g/mol. The molecule has 8 heterocycles. The van der Waals surface area contributed by atoms with Gasteiger partial charge in [-0.05, 0) is 184 Å². The maximum absolute atomic E-state index is 9.34. The highest BCUT2D eigenvalue weighted by molar-refractivity contribution is 6.25. The van der Waals surface area contributed by atoms with Crippen molar-refractivity contribution in [3.63, 3.8) is 0 Å². The van der Waals surface area contributed by atoms with Gasteiger partial charge in [0.05, 0.1) is 50.8 Å². The monoisotopic (exact) mass is 1460 g/mol. The number of imidazole rings is 3. The van der Waals surface area contributed by atoms with Crippen LogP contribution < -0.4 is 14.2 Å². The lowest BCUT2D eigenvalue weighted by atomic mass is 9.87. The van der Waals surface area contributed by atoms with Crippen LogP contribution in [0.2, 0.25) is 0 Å². The lowest BCUT2D eigenvalue weighted by Gasteiger charge is -2.22. The van der Waals surface area contributed by atoms with Crippen LogP contribution in [0.3, 0.4) is 0 Å². The molecular weight excluding hydrogens is 1400 g/mol. The van der Waals surface area contributed by atoms with E-state index in [1.54, 1.807) is 0 Å². The molecule has 3 aliphatic rings. The number of pyridine rings is 2. The molecule has 530 valence electrons. The molecule has 5 aromatic heterocycles. The minimum atomic E-state index is 0.652. The SMILES string of the molecule is N#Cc1ccc(-c2c3ccccc3c(-c3nc4cccc5c4n3-c3ccccc3O5)c3ccccc23)cc1.c1ccc2c(c1)Oc1cccc3nc(-c4c5ccccc5c(-c5cccc6cccnc56)c5ccccc45)n-2c13.c1cncc(-c2c3ccccc3c(-c3nc4cccc5c4n3-c3ccccc3O5)c3ccccc23)c1. The van der Waals surface area contributed by atoms with Crippen molar-refractivity contribution in [1.29, 1.82) is 5.26 Å². The van der Waals surface area contributed by atoms with Gasteiger partial charge in [0, 0.05) is 51.8 Å². The first-order valence-corrected chi connectivity index (χ1v) is 38.0. The van der Waals surface area contributed by atoms with Gasteiger partial charge in [-0.15, -0.1) is 0 Å². The first-order chi connectivity index (χ1) is 56.6. The van der Waals surface area contributed by atoms with Crippen LogP contribution in [-0.4, -0.2) is 38.6 Å². The van der Waals surface area contributed by atoms with Crippen molar-refractivity contribution in [3.8, 4) is 125 Å². The Kier molecular flexibility index (Phi) is 14.4. The van der Waals surface area contributed by atoms with Gasteiger partial charge in [0.15, 0.2) is 34.5 Å². The zero-order chi connectivity index (χ0) is 75.1. The van der Waals surface area contributed by atoms with Crippen LogP contribution >= 0.6 is 0 Å². The summed E-state index contributed by atoms with van der Waals surface area (Å²) in [4.78, 5) is 25.0. The summed E-state index contributed by atoms with van der Waals surface area (Å²) >= 11 is 0. The van der Waals surface area contributed by atoms with Gasteiger partial charge >= 0.3 is 0 Å². The summed E-state index contributed by atoms with van der Waals surface area (Å²) in [6, 6.07) is 119. The van der Waals surface area contributed by atoms with E-state index in [2.05, 4.69) is 237 Å². The second-order valence-electron chi connectivity index (χ2n) is 28.7. The standard InChI is InChI=1S/C36H21N3O.C34H19N3O.C32H19N3O/c1-3-14-25-23(12-1)32(27-16-7-10-22-11-9-21-37-34(22)27)24-13-2-4-15-26(24)33(25)36-38-28-17-8-20-31-35(28)39(36)29-18-5-6-19-30(29)40-31;35-20-21-16-18-22(19-17-21)31-23-8-1-3-10-25(23)32(26-11-4-2-9-24(26)31)34-36-27-12-7-15-30-33(27)37(34)28-13-5-6-14-29(28)38-30;1-3-12-23-21(10-1)29(20-9-8-18-33-19-20)22-11-2-4-13-24(22)30(23)32-34-25-14-7-17-28-31(25)35(32)26-15-5-6-16-27(26)36-28/h1-21H;1-19H;1-19H. The van der Waals surface area contributed by atoms with Crippen molar-refractivity contribution in [1.82, 2.24) is 38.6 Å². The van der Waals surface area contributed by atoms with E-state index in [9.17, 15) is 5.26 Å². The third-order valence-electron chi connectivity index (χ3n) is 22.5. The highest BCUT2D eigenvalue weighted by Gasteiger charge is 2.32. The van der Waals surface area contributed by atoms with Gasteiger partial charge in [0.1, 0.15) is 34.0 Å². The number of aromatic nitrogens is 8. The predicted octanol–water partition coefficient (Wildman–Crippen LogP) is 26.1. The summed E-state index contributed by atoms with van der Waals surface area (Å²) in [6.07, 6.45) is 5.64. The summed E-state index contributed by atoms with van der Waals surface area (Å²) in [6.45, 7) is 0. The van der Waals surface area contributed by atoms with Gasteiger partial charge in [0.25, 0.3) is 0 Å². The van der Waals surface area contributed by atoms with Gasteiger partial charge < -0.3 is 14.2 Å². The molecule has 0 atom stereocenters. The molecule has 0 unspecified atom stereocenters. The van der Waals surface area contributed by atoms with Gasteiger partial charge in [0.2, 0.25) is 0 Å². The molecule has 0 aliphatic carbocycles. The third-order valence-corrected chi connectivity index (χ3v) is 22.5. The summed E-state index contributed by atoms with van der Waals surface area (Å²) in [5, 5.41) is 24.4. The van der Waals surface area contributed by atoms with Crippen LogP contribution in [0.4, 0.5) is 0 Å². The van der Waals surface area contributed by atoms with Crippen LogP contribution in [0.1, 0.15) is 5.56 Å². The molecular formula is C102H59N9O3. The lowest BCUT2D eigenvalue weighted by Crippen LogP contribution is -2.06. The van der Waals surface area contributed by atoms with Gasteiger partial charge in [-0.3, -0.25) is 23.7 Å². The van der Waals surface area contributed by atoms with Crippen molar-refractivity contribution in [3.05, 3.63) is 364 Å². The highest BCUT2D eigenvalue weighted by atomic mass is 16.5. The van der Waals surface area contributed by atoms with Gasteiger partial charge in [-0.25, -0.2) is 15.0 Å². The third kappa shape index (κ3) is 9.80. The number of benzene rings is 17. The molecule has 0 amide bonds. The highest BCUT2D eigenvalue weighted by Crippen LogP contribution is 2.53. The quantitative estimate of drug-likeness (QED) is 0.149. The van der Waals surface area contributed by atoms with Crippen LogP contribution in [-0.2, 0) is 0 Å². The number of nitrogens with zero attached hydrogens (tertiary/aromatic N) is 9. The summed E-state index contributed by atoms with van der Waals surface area (Å²) in [5.41, 5.74) is 20.5. The first-order valence-electron chi connectivity index (χ1n) is 38.0. The van der Waals surface area contributed by atoms with E-state index in [4.69, 9.17) is 34.1 Å². The number of para-hydroxylation sites is 10. The van der Waals surface area contributed by atoms with E-state index < -0.39 is 0 Å². The van der Waals surface area contributed by atoms with Crippen LogP contribution in [0.25, 0.3) is 193 Å². The Balaban J connectivity index is 0.000000102. The molecule has 0 spiro atoms. The molecule has 12 heteroatoms. The molecule has 0 N–H and O–H groups in total. The Morgan fingerprint density at radius 2 is 0.588 bits per heavy atom. The first kappa shape index (κ1) is 64.2. The molecule has 17 aromatic carbocycles. The molecule has 0 bridgehead atoms. The lowest BCUT2D eigenvalue weighted by molar-refractivity contribution is 0.475. The molecule has 12 nitrogen and oxygen atoms in total. The van der Waals surface area contributed by atoms with Crippen molar-refractivity contribution < 1.29 is 14.2 Å². The molecule has 22 aromatic rings. The van der Waals surface area contributed by atoms with Gasteiger partial charge in [-0.1, -0.05) is 243 Å². The molecule has 25 rings (SSSR count). The smallest absolute Gasteiger partial charge is 0.153 e. The normalized spacial score (nSPS) is 12.1. The van der Waals surface area contributed by atoms with Crippen molar-refractivity contribution in [2.24, 2.45) is 0 Å². The number of ether oxygens (including phenoxy) is 3. The number of hydrogen-bond donors (Lipinski definition) is 0. The Morgan fingerprint density at radius 1 is 0.263 bits per heavy atom. The minimum absolute atomic E-state index is 0.652. The molecule has 0 radical (unpaired) electrons. The van der Waals surface area contributed by atoms with Crippen molar-refractivity contribution in [2.45, 2.75) is 0 Å². The zero-order valence-electron chi connectivity index (χ0n) is 60.8. The Labute approximate surface area is 651 Å². The van der Waals surface area contributed by atoms with Crippen molar-refractivity contribution in [2.75, 3.05) is 0 Å². The summed E-state index contributed by atoms with van der Waals surface area (Å²) in [7, 11) is 0. The fraction of sp³-hybridized carbons (Fsp3) is 0. The van der Waals surface area contributed by atoms with E-state index >= 15 is 0 Å². The van der Waals surface area contributed by atoms with Gasteiger partial charge in [-0.2, -0.15) is 5.26 Å². The van der Waals surface area contributed by atoms with E-state index in [0.717, 1.165) is 195 Å². The van der Waals surface area contributed by atoms with E-state index in [1.165, 1.54) is 32.7 Å². The molecule has 114 heavy (non-hydrogen) atoms. The Morgan fingerprint density at radius 3 is 0.965 bits per heavy atom. The second-order valence-corrected chi connectivity index (χ2v) is 28.7. The molecule has 0 saturated heterocycles. The Hall–Kier alpha value is -15.8. The number of hydrogen-bond acceptors (Lipinski definition) is 9. The van der Waals surface area contributed by atoms with Crippen LogP contribution in [0.5, 0.6) is 34.5 Å². The Bertz CT molecular complexity index is 7690. The van der Waals surface area contributed by atoms with Crippen LogP contribution in [0, 0.1) is 11.3 Å². The van der Waals surface area contributed by atoms with E-state index in [0.29, 0.717) is 5.56 Å². The fourth-order valence-corrected chi connectivity index (χ4v) is 17.8. The number of rotatable bonds is 6. The molecule has 3 aliphatic heterocycles. The van der Waals surface area contributed by atoms with E-state index in [-0.39, 0.29) is 0 Å². The molecule has 0 saturated carbocycles.